The van der Waals surface area contributed by atoms with E-state index >= 15 is 0 Å². The quantitative estimate of drug-likeness (QED) is 0.786. The minimum absolute atomic E-state index is 0.0214. The Balaban J connectivity index is 1.55. The number of hydrogen-bond donors (Lipinski definition) is 2. The molecule has 1 aromatic carbocycles. The molecule has 2 heterocycles. The Morgan fingerprint density at radius 3 is 2.63 bits per heavy atom. The van der Waals surface area contributed by atoms with Gasteiger partial charge in [-0.25, -0.2) is 14.4 Å². The fourth-order valence-electron chi connectivity index (χ4n) is 3.49. The second-order valence-corrected chi connectivity index (χ2v) is 6.70. The van der Waals surface area contributed by atoms with E-state index in [0.717, 1.165) is 17.7 Å². The van der Waals surface area contributed by atoms with Gasteiger partial charge in [-0.2, -0.15) is 0 Å². The van der Waals surface area contributed by atoms with Gasteiger partial charge in [-0.3, -0.25) is 0 Å². The van der Waals surface area contributed by atoms with E-state index in [2.05, 4.69) is 5.32 Å². The van der Waals surface area contributed by atoms with E-state index < -0.39 is 18.2 Å². The average molecular weight is 371 g/mol. The molecule has 0 spiro atoms. The lowest BCUT2D eigenvalue weighted by Gasteiger charge is -2.37. The van der Waals surface area contributed by atoms with Gasteiger partial charge in [0.25, 0.3) is 0 Å². The summed E-state index contributed by atoms with van der Waals surface area (Å²) in [5.41, 5.74) is 1.95. The fraction of sp³-hybridized carbons (Fsp3) is 0.500. The summed E-state index contributed by atoms with van der Waals surface area (Å²) in [5, 5.41) is 11.9. The number of carbonyl (C=O) groups is 3. The van der Waals surface area contributed by atoms with E-state index in [1.54, 1.807) is 0 Å². The summed E-state index contributed by atoms with van der Waals surface area (Å²) in [6.45, 7) is 1.42. The molecule has 3 amide bonds. The van der Waals surface area contributed by atoms with Gasteiger partial charge in [0.05, 0.1) is 7.85 Å². The molecule has 2 aliphatic heterocycles. The molecule has 8 nitrogen and oxygen atoms in total. The van der Waals surface area contributed by atoms with Crippen molar-refractivity contribution in [2.24, 2.45) is 0 Å². The smallest absolute Gasteiger partial charge is 0.410 e. The zero-order chi connectivity index (χ0) is 19.4. The van der Waals surface area contributed by atoms with Crippen LogP contribution >= 0.6 is 0 Å². The van der Waals surface area contributed by atoms with Gasteiger partial charge >= 0.3 is 18.1 Å². The molecule has 0 bridgehead atoms. The molecule has 1 saturated heterocycles. The van der Waals surface area contributed by atoms with Crippen molar-refractivity contribution in [2.75, 3.05) is 25.0 Å². The molecule has 1 aromatic rings. The van der Waals surface area contributed by atoms with Crippen molar-refractivity contribution in [1.82, 2.24) is 9.80 Å². The summed E-state index contributed by atoms with van der Waals surface area (Å²) in [6, 6.07) is 7.64. The molecule has 2 radical (unpaired) electrons. The molecule has 3 rings (SSSR count). The Bertz CT molecular complexity index is 721. The van der Waals surface area contributed by atoms with Crippen LogP contribution in [0.5, 0.6) is 0 Å². The number of benzene rings is 1. The molecule has 142 valence electrons. The van der Waals surface area contributed by atoms with E-state index in [0.29, 0.717) is 32.5 Å². The van der Waals surface area contributed by atoms with Crippen LogP contribution in [0.15, 0.2) is 24.3 Å². The largest absolute Gasteiger partial charge is 0.479 e. The summed E-state index contributed by atoms with van der Waals surface area (Å²) >= 11 is 0. The normalized spacial score (nSPS) is 18.9. The van der Waals surface area contributed by atoms with Crippen molar-refractivity contribution in [3.05, 3.63) is 29.8 Å². The number of para-hydroxylation sites is 1. The highest BCUT2D eigenvalue weighted by atomic mass is 16.6. The number of urea groups is 1. The topological polar surface area (TPSA) is 99.2 Å². The molecule has 27 heavy (non-hydrogen) atoms. The van der Waals surface area contributed by atoms with Crippen LogP contribution in [0.1, 0.15) is 18.4 Å². The van der Waals surface area contributed by atoms with Crippen molar-refractivity contribution in [3.63, 3.8) is 0 Å². The van der Waals surface area contributed by atoms with E-state index in [-0.39, 0.29) is 18.4 Å². The third-order valence-corrected chi connectivity index (χ3v) is 5.04. The van der Waals surface area contributed by atoms with Crippen LogP contribution in [0.4, 0.5) is 15.3 Å². The van der Waals surface area contributed by atoms with Crippen molar-refractivity contribution >= 4 is 31.6 Å². The van der Waals surface area contributed by atoms with Crippen molar-refractivity contribution < 1.29 is 24.2 Å². The summed E-state index contributed by atoms with van der Waals surface area (Å²) in [4.78, 5) is 38.9. The number of rotatable bonds is 4. The number of anilines is 1. The Labute approximate surface area is 158 Å². The Morgan fingerprint density at radius 2 is 1.96 bits per heavy atom. The second kappa shape index (κ2) is 8.32. The number of nitrogens with one attached hydrogen (secondary N) is 1. The molecule has 0 aromatic heterocycles. The summed E-state index contributed by atoms with van der Waals surface area (Å²) in [5.74, 6) is -1.26. The number of hydrogen-bond acceptors (Lipinski definition) is 4. The third-order valence-electron chi connectivity index (χ3n) is 5.04. The lowest BCUT2D eigenvalue weighted by Crippen LogP contribution is -2.50. The van der Waals surface area contributed by atoms with E-state index in [4.69, 9.17) is 17.7 Å². The highest BCUT2D eigenvalue weighted by Crippen LogP contribution is 2.24. The molecule has 2 aliphatic rings. The minimum Gasteiger partial charge on any atom is -0.479 e. The average Bonchev–Trinajstić information content (AvgIpc) is 2.84. The number of carbonyl (C=O) groups excluding carboxylic acids is 2. The summed E-state index contributed by atoms with van der Waals surface area (Å²) in [6.07, 6.45) is -0.303. The predicted molar refractivity (Wildman–Crippen MR) is 98.9 cm³/mol. The minimum atomic E-state index is -1.34. The van der Waals surface area contributed by atoms with Crippen LogP contribution < -0.4 is 5.32 Å². The Morgan fingerprint density at radius 1 is 1.26 bits per heavy atom. The van der Waals surface area contributed by atoms with Crippen LogP contribution in [0.3, 0.4) is 0 Å². The lowest BCUT2D eigenvalue weighted by atomic mass is 9.99. The second-order valence-electron chi connectivity index (χ2n) is 6.70. The van der Waals surface area contributed by atoms with Gasteiger partial charge in [0.15, 0.2) is 6.10 Å². The molecular weight excluding hydrogens is 349 g/mol. The molecular formula is C18H22BN3O5. The number of carboxylic acids is 1. The van der Waals surface area contributed by atoms with Crippen LogP contribution in [-0.4, -0.2) is 72.6 Å². The number of piperidine rings is 1. The zero-order valence-corrected chi connectivity index (χ0v) is 15.0. The van der Waals surface area contributed by atoms with Crippen molar-refractivity contribution in [3.8, 4) is 0 Å². The first-order chi connectivity index (χ1) is 13.0. The van der Waals surface area contributed by atoms with Gasteiger partial charge in [-0.1, -0.05) is 18.2 Å². The highest BCUT2D eigenvalue weighted by molar-refractivity contribution is 6.10. The van der Waals surface area contributed by atoms with Gasteiger partial charge in [0.2, 0.25) is 0 Å². The van der Waals surface area contributed by atoms with Crippen molar-refractivity contribution in [2.45, 2.75) is 37.7 Å². The number of likely N-dealkylation sites (tertiary alicyclic amines) is 1. The van der Waals surface area contributed by atoms with Gasteiger partial charge in [0.1, 0.15) is 0 Å². The first-order valence-electron chi connectivity index (χ1n) is 9.03. The number of ether oxygens (including phenoxy) is 1. The molecule has 9 heteroatoms. The SMILES string of the molecule is [B]CC(OC(=O)N1CCC(N2CCc3ccccc3NC2=O)CC1)C(=O)O. The monoisotopic (exact) mass is 371 g/mol. The van der Waals surface area contributed by atoms with Gasteiger partial charge in [0, 0.05) is 31.4 Å². The maximum atomic E-state index is 12.6. The molecule has 0 aliphatic carbocycles. The van der Waals surface area contributed by atoms with Crippen LogP contribution in [0, 0.1) is 0 Å². The summed E-state index contributed by atoms with van der Waals surface area (Å²) < 4.78 is 4.93. The zero-order valence-electron chi connectivity index (χ0n) is 15.0. The predicted octanol–water partition coefficient (Wildman–Crippen LogP) is 1.72. The molecule has 1 fully saturated rings. The lowest BCUT2D eigenvalue weighted by molar-refractivity contribution is -0.146. The number of fused-ring (bicyclic) bond motifs is 1. The van der Waals surface area contributed by atoms with Crippen LogP contribution in [-0.2, 0) is 16.0 Å². The fourth-order valence-corrected chi connectivity index (χ4v) is 3.49. The third kappa shape index (κ3) is 4.35. The number of carboxylic acid groups (broad SMARTS) is 1. The molecule has 1 unspecified atom stereocenters. The van der Waals surface area contributed by atoms with E-state index in [1.165, 1.54) is 4.90 Å². The first kappa shape index (κ1) is 19.1. The summed E-state index contributed by atoms with van der Waals surface area (Å²) in [7, 11) is 5.31. The first-order valence-corrected chi connectivity index (χ1v) is 9.03. The molecule has 1 atom stereocenters. The Hall–Kier alpha value is -2.71. The number of amides is 3. The molecule has 2 N–H and O–H groups in total. The van der Waals surface area contributed by atoms with Gasteiger partial charge < -0.3 is 25.0 Å². The maximum Gasteiger partial charge on any atom is 0.410 e. The van der Waals surface area contributed by atoms with Gasteiger partial charge in [-0.15, -0.1) is 0 Å². The van der Waals surface area contributed by atoms with Crippen LogP contribution in [0.2, 0.25) is 6.32 Å². The standard InChI is InChI=1S/C18H22BN3O5/c19-11-15(16(23)24)27-18(26)21-8-6-13(7-9-21)22-10-5-12-3-1-2-4-14(12)20-17(22)25/h1-4,13,15H,5-11H2,(H,20,25)(H,23,24). The van der Waals surface area contributed by atoms with Crippen LogP contribution in [0.25, 0.3) is 0 Å². The number of nitrogens with zero attached hydrogens (tertiary/aromatic N) is 2. The van der Waals surface area contributed by atoms with E-state index in [1.807, 2.05) is 29.2 Å². The number of aliphatic carboxylic acids is 1. The highest BCUT2D eigenvalue weighted by Gasteiger charge is 2.32. The maximum absolute atomic E-state index is 12.6. The Kier molecular flexibility index (Phi) is 5.88. The molecule has 0 saturated carbocycles. The van der Waals surface area contributed by atoms with Gasteiger partial charge in [-0.05, 0) is 37.2 Å². The van der Waals surface area contributed by atoms with E-state index in [9.17, 15) is 14.4 Å². The van der Waals surface area contributed by atoms with Crippen molar-refractivity contribution in [1.29, 1.82) is 0 Å².